The first-order valence-corrected chi connectivity index (χ1v) is 7.90. The van der Waals surface area contributed by atoms with Crippen LogP contribution in [0.5, 0.6) is 0 Å². The van der Waals surface area contributed by atoms with Crippen molar-refractivity contribution in [2.45, 2.75) is 33.5 Å². The Bertz CT molecular complexity index is 1030. The van der Waals surface area contributed by atoms with Gasteiger partial charge in [-0.05, 0) is 39.2 Å². The Labute approximate surface area is 170 Å². The lowest BCUT2D eigenvalue weighted by molar-refractivity contribution is -0.139. The van der Waals surface area contributed by atoms with E-state index in [0.717, 1.165) is 0 Å². The van der Waals surface area contributed by atoms with Crippen molar-refractivity contribution in [3.8, 4) is 0 Å². The summed E-state index contributed by atoms with van der Waals surface area (Å²) < 4.78 is 84.2. The smallest absolute Gasteiger partial charge is 0.336 e. The highest BCUT2D eigenvalue weighted by Gasteiger charge is 2.38. The first kappa shape index (κ1) is 9.57. The fourth-order valence-corrected chi connectivity index (χ4v) is 3.27. The monoisotopic (exact) mass is 417 g/mol. The number of benzene rings is 1. The molecule has 0 bridgehead atoms. The van der Waals surface area contributed by atoms with Crippen LogP contribution in [0, 0.1) is 0 Å². The van der Waals surface area contributed by atoms with Crippen molar-refractivity contribution in [3.05, 3.63) is 56.8 Å². The highest BCUT2D eigenvalue weighted by atomic mass is 79.9. The van der Waals surface area contributed by atoms with Crippen LogP contribution in [0.1, 0.15) is 52.7 Å². The Balaban J connectivity index is 2.68. The minimum Gasteiger partial charge on any atom is -0.463 e. The normalized spacial score (nSPS) is 23.2. The third kappa shape index (κ3) is 3.95. The molecular formula is C19H22BrNO4. The highest BCUT2D eigenvalue weighted by molar-refractivity contribution is 9.10. The summed E-state index contributed by atoms with van der Waals surface area (Å²) in [5.41, 5.74) is -0.223. The van der Waals surface area contributed by atoms with Gasteiger partial charge in [0.2, 0.25) is 0 Å². The van der Waals surface area contributed by atoms with E-state index in [1.54, 1.807) is 18.2 Å². The van der Waals surface area contributed by atoms with Gasteiger partial charge >= 0.3 is 11.9 Å². The minimum atomic E-state index is -3.37. The van der Waals surface area contributed by atoms with E-state index in [0.29, 0.717) is 4.47 Å². The molecule has 1 heterocycles. The Morgan fingerprint density at radius 2 is 1.64 bits per heavy atom. The summed E-state index contributed by atoms with van der Waals surface area (Å²) in [7, 11) is 0. The summed E-state index contributed by atoms with van der Waals surface area (Å²) >= 11 is 3.31. The van der Waals surface area contributed by atoms with E-state index in [9.17, 15) is 9.59 Å². The van der Waals surface area contributed by atoms with E-state index < -0.39 is 44.7 Å². The second-order valence-electron chi connectivity index (χ2n) is 5.14. The molecule has 0 spiro atoms. The van der Waals surface area contributed by atoms with Crippen LogP contribution in [-0.2, 0) is 19.1 Å². The lowest BCUT2D eigenvalue weighted by Gasteiger charge is -2.30. The van der Waals surface area contributed by atoms with Crippen LogP contribution in [-0.4, -0.2) is 25.1 Å². The molecule has 6 heteroatoms. The molecule has 134 valence electrons. The summed E-state index contributed by atoms with van der Waals surface area (Å²) in [4.78, 5) is 26.2. The molecule has 1 aliphatic rings. The van der Waals surface area contributed by atoms with Gasteiger partial charge in [-0.1, -0.05) is 34.1 Å². The molecule has 5 nitrogen and oxygen atoms in total. The summed E-state index contributed by atoms with van der Waals surface area (Å²) in [6.07, 6.45) is 0. The Kier molecular flexibility index (Phi) is 3.19. The largest absolute Gasteiger partial charge is 0.463 e. The molecular weight excluding hydrogens is 386 g/mol. The fourth-order valence-electron chi connectivity index (χ4n) is 2.76. The van der Waals surface area contributed by atoms with Gasteiger partial charge in [-0.3, -0.25) is 0 Å². The van der Waals surface area contributed by atoms with Crippen LogP contribution in [0.2, 0.25) is 0 Å². The van der Waals surface area contributed by atoms with E-state index in [2.05, 4.69) is 21.2 Å². The minimum absolute atomic E-state index is 0.102. The van der Waals surface area contributed by atoms with E-state index in [-0.39, 0.29) is 28.1 Å². The fraction of sp³-hybridized carbons (Fsp3) is 0.368. The van der Waals surface area contributed by atoms with Gasteiger partial charge in [0.25, 0.3) is 0 Å². The van der Waals surface area contributed by atoms with Crippen molar-refractivity contribution < 1.29 is 32.8 Å². The molecule has 0 atom stereocenters. The molecule has 2 rings (SSSR count). The SMILES string of the molecule is [2H]C([2H])([2H])C([2H])([2H])OC(=O)C1=C(C)NC(C)=C(C(=O)OC([2H])([2H])C([2H])([2H])[2H])C1c1ccccc1Br. The predicted octanol–water partition coefficient (Wildman–Crippen LogP) is 3.81. The Morgan fingerprint density at radius 1 is 1.12 bits per heavy atom. The second-order valence-corrected chi connectivity index (χ2v) is 5.99. The number of allylic oxidation sites excluding steroid dienone is 2. The number of carbonyl (C=O) groups excluding carboxylic acids is 2. The maximum Gasteiger partial charge on any atom is 0.336 e. The molecule has 1 N–H and O–H groups in total. The van der Waals surface area contributed by atoms with Gasteiger partial charge in [0.05, 0.1) is 35.7 Å². The van der Waals surface area contributed by atoms with Gasteiger partial charge in [-0.2, -0.15) is 0 Å². The quantitative estimate of drug-likeness (QED) is 0.737. The number of dihydropyridines is 1. The molecule has 1 aliphatic heterocycles. The number of ether oxygens (including phenoxy) is 2. The lowest BCUT2D eigenvalue weighted by atomic mass is 9.80. The molecule has 1 aromatic carbocycles. The van der Waals surface area contributed by atoms with Crippen LogP contribution in [0.4, 0.5) is 0 Å². The molecule has 0 saturated heterocycles. The number of esters is 2. The summed E-state index contributed by atoms with van der Waals surface area (Å²) in [6.45, 7) is -10.5. The van der Waals surface area contributed by atoms with E-state index in [4.69, 9.17) is 23.2 Å². The Hall–Kier alpha value is -2.08. The highest BCUT2D eigenvalue weighted by Crippen LogP contribution is 2.41. The summed E-state index contributed by atoms with van der Waals surface area (Å²) in [5, 5.41) is 2.73. The first-order valence-electron chi connectivity index (χ1n) is 12.1. The zero-order chi connectivity index (χ0) is 27.1. The number of hydrogen-bond donors (Lipinski definition) is 1. The molecule has 1 aromatic rings. The van der Waals surface area contributed by atoms with Gasteiger partial charge in [0.1, 0.15) is 0 Å². The number of halogens is 1. The number of hydrogen-bond acceptors (Lipinski definition) is 5. The van der Waals surface area contributed by atoms with Crippen molar-refractivity contribution in [3.63, 3.8) is 0 Å². The second kappa shape index (κ2) is 8.34. The van der Waals surface area contributed by atoms with E-state index in [1.165, 1.54) is 19.9 Å². The first-order chi connectivity index (χ1) is 15.7. The average Bonchev–Trinajstić information content (AvgIpc) is 2.64. The molecule has 0 aromatic heterocycles. The molecule has 0 saturated carbocycles. The predicted molar refractivity (Wildman–Crippen MR) is 98.7 cm³/mol. The number of carbonyl (C=O) groups is 2. The van der Waals surface area contributed by atoms with Crippen LogP contribution < -0.4 is 5.32 Å². The van der Waals surface area contributed by atoms with Crippen molar-refractivity contribution in [2.75, 3.05) is 13.1 Å². The number of nitrogens with one attached hydrogen (secondary N) is 1. The molecule has 0 radical (unpaired) electrons. The Morgan fingerprint density at radius 3 is 2.12 bits per heavy atom. The van der Waals surface area contributed by atoms with Crippen molar-refractivity contribution in [1.29, 1.82) is 0 Å². The van der Waals surface area contributed by atoms with Gasteiger partial charge in [-0.15, -0.1) is 0 Å². The molecule has 0 amide bonds. The van der Waals surface area contributed by atoms with Crippen LogP contribution in [0.25, 0.3) is 0 Å². The van der Waals surface area contributed by atoms with Crippen LogP contribution in [0.15, 0.2) is 51.3 Å². The van der Waals surface area contributed by atoms with Gasteiger partial charge in [-0.25, -0.2) is 9.59 Å². The van der Waals surface area contributed by atoms with Crippen LogP contribution >= 0.6 is 15.9 Å². The van der Waals surface area contributed by atoms with E-state index >= 15 is 0 Å². The van der Waals surface area contributed by atoms with Gasteiger partial charge < -0.3 is 14.8 Å². The molecule has 0 aliphatic carbocycles. The maximum absolute atomic E-state index is 13.1. The van der Waals surface area contributed by atoms with Crippen molar-refractivity contribution in [1.82, 2.24) is 5.32 Å². The maximum atomic E-state index is 13.1. The summed E-state index contributed by atoms with van der Waals surface area (Å²) in [5.74, 6) is -4.14. The summed E-state index contributed by atoms with van der Waals surface area (Å²) in [6, 6.07) is 6.30. The van der Waals surface area contributed by atoms with Crippen molar-refractivity contribution in [2.24, 2.45) is 0 Å². The molecule has 0 fully saturated rings. The van der Waals surface area contributed by atoms with Gasteiger partial charge in [0, 0.05) is 24.1 Å². The van der Waals surface area contributed by atoms with E-state index in [1.807, 2.05) is 0 Å². The molecule has 0 unspecified atom stereocenters. The zero-order valence-electron chi connectivity index (χ0n) is 23.4. The molecule has 25 heavy (non-hydrogen) atoms. The lowest BCUT2D eigenvalue weighted by Crippen LogP contribution is -2.32. The standard InChI is InChI=1S/C19H22BrNO4/c1-5-24-18(22)15-11(3)21-12(4)16(19(23)25-6-2)17(15)13-9-7-8-10-14(13)20/h7-10,17,21H,5-6H2,1-4H3/i1D3,2D3,5D2,6D2. The number of rotatable bonds is 5. The zero-order valence-corrected chi connectivity index (χ0v) is 15.0. The topological polar surface area (TPSA) is 64.6 Å². The van der Waals surface area contributed by atoms with Crippen LogP contribution in [0.3, 0.4) is 0 Å². The third-order valence-corrected chi connectivity index (χ3v) is 4.43. The van der Waals surface area contributed by atoms with Crippen molar-refractivity contribution >= 4 is 27.9 Å². The third-order valence-electron chi connectivity index (χ3n) is 3.70. The average molecular weight is 418 g/mol. The van der Waals surface area contributed by atoms with Gasteiger partial charge in [0.15, 0.2) is 0 Å².